The van der Waals surface area contributed by atoms with Gasteiger partial charge in [-0.2, -0.15) is 0 Å². The summed E-state index contributed by atoms with van der Waals surface area (Å²) < 4.78 is 0. The Kier molecular flexibility index (Phi) is 5.16. The van der Waals surface area contributed by atoms with Gasteiger partial charge in [-0.25, -0.2) is 0 Å². The Morgan fingerprint density at radius 1 is 1.60 bits per heavy atom. The van der Waals surface area contributed by atoms with E-state index >= 15 is 0 Å². The van der Waals surface area contributed by atoms with Gasteiger partial charge in [-0.15, -0.1) is 0 Å². The van der Waals surface area contributed by atoms with Gasteiger partial charge < -0.3 is 15.4 Å². The maximum Gasteiger partial charge on any atom is 0.137 e. The number of nitrogens with two attached hydrogens (primary N) is 1. The molecule has 3 nitrogen and oxygen atoms in total. The van der Waals surface area contributed by atoms with Crippen LogP contribution in [0.25, 0.3) is 0 Å². The van der Waals surface area contributed by atoms with Crippen LogP contribution in [0.2, 0.25) is 0 Å². The molecule has 0 spiro atoms. The van der Waals surface area contributed by atoms with E-state index in [0.717, 1.165) is 19.1 Å². The Morgan fingerprint density at radius 2 is 2.20 bits per heavy atom. The Bertz CT molecular complexity index is 93.6. The lowest BCUT2D eigenvalue weighted by Gasteiger charge is -2.17. The van der Waals surface area contributed by atoms with Crippen LogP contribution < -0.4 is 5.73 Å². The summed E-state index contributed by atoms with van der Waals surface area (Å²) in [7, 11) is 3.80. The SMILES string of the molecule is CN(C)[C@H](C=O)CCCN. The van der Waals surface area contributed by atoms with Crippen molar-refractivity contribution < 1.29 is 4.79 Å². The van der Waals surface area contributed by atoms with Crippen LogP contribution in [0.4, 0.5) is 0 Å². The number of rotatable bonds is 5. The average Bonchev–Trinajstić information content (AvgIpc) is 1.89. The predicted molar refractivity (Wildman–Crippen MR) is 41.8 cm³/mol. The van der Waals surface area contributed by atoms with Crippen molar-refractivity contribution in [2.45, 2.75) is 18.9 Å². The van der Waals surface area contributed by atoms with Crippen LogP contribution >= 0.6 is 0 Å². The molecule has 0 bridgehead atoms. The highest BCUT2D eigenvalue weighted by molar-refractivity contribution is 5.57. The molecule has 0 radical (unpaired) electrons. The van der Waals surface area contributed by atoms with Crippen molar-refractivity contribution in [2.24, 2.45) is 5.73 Å². The van der Waals surface area contributed by atoms with Crippen molar-refractivity contribution in [3.8, 4) is 0 Å². The fourth-order valence-corrected chi connectivity index (χ4v) is 0.775. The van der Waals surface area contributed by atoms with Gasteiger partial charge in [-0.3, -0.25) is 0 Å². The molecule has 0 amide bonds. The van der Waals surface area contributed by atoms with Gasteiger partial charge in [0, 0.05) is 0 Å². The molecule has 1 atom stereocenters. The molecule has 0 aliphatic heterocycles. The van der Waals surface area contributed by atoms with Gasteiger partial charge in [0.15, 0.2) is 0 Å². The van der Waals surface area contributed by atoms with Crippen molar-refractivity contribution in [1.82, 2.24) is 4.90 Å². The minimum atomic E-state index is 0.0450. The van der Waals surface area contributed by atoms with Gasteiger partial charge in [-0.05, 0) is 33.5 Å². The molecule has 0 aromatic rings. The van der Waals surface area contributed by atoms with Gasteiger partial charge in [-0.1, -0.05) is 0 Å². The normalized spacial score (nSPS) is 13.6. The van der Waals surface area contributed by atoms with E-state index in [-0.39, 0.29) is 6.04 Å². The second kappa shape index (κ2) is 5.38. The summed E-state index contributed by atoms with van der Waals surface area (Å²) in [6.07, 6.45) is 2.75. The van der Waals surface area contributed by atoms with Crippen LogP contribution in [-0.4, -0.2) is 37.9 Å². The largest absolute Gasteiger partial charge is 0.330 e. The maximum absolute atomic E-state index is 10.4. The van der Waals surface area contributed by atoms with Crippen molar-refractivity contribution in [1.29, 1.82) is 0 Å². The van der Waals surface area contributed by atoms with E-state index in [9.17, 15) is 4.79 Å². The minimum absolute atomic E-state index is 0.0450. The van der Waals surface area contributed by atoms with Crippen molar-refractivity contribution >= 4 is 6.29 Å². The number of hydrogen-bond donors (Lipinski definition) is 1. The second-order valence-corrected chi connectivity index (χ2v) is 2.60. The molecule has 10 heavy (non-hydrogen) atoms. The molecular weight excluding hydrogens is 128 g/mol. The Balaban J connectivity index is 3.50. The molecule has 0 aliphatic rings. The fraction of sp³-hybridized carbons (Fsp3) is 0.857. The van der Waals surface area contributed by atoms with Crippen molar-refractivity contribution in [3.63, 3.8) is 0 Å². The number of carbonyl (C=O) groups excluding carboxylic acids is 1. The lowest BCUT2D eigenvalue weighted by atomic mass is 10.1. The molecule has 60 valence electrons. The quantitative estimate of drug-likeness (QED) is 0.546. The number of likely N-dealkylation sites (N-methyl/N-ethyl adjacent to an activating group) is 1. The third-order valence-electron chi connectivity index (χ3n) is 1.52. The Labute approximate surface area is 62.2 Å². The summed E-state index contributed by atoms with van der Waals surface area (Å²) in [6, 6.07) is 0.0450. The highest BCUT2D eigenvalue weighted by Gasteiger charge is 2.07. The molecule has 0 heterocycles. The Morgan fingerprint density at radius 3 is 2.50 bits per heavy atom. The summed E-state index contributed by atoms with van der Waals surface area (Å²) in [6.45, 7) is 0.665. The molecule has 2 N–H and O–H groups in total. The molecule has 0 rings (SSSR count). The van der Waals surface area contributed by atoms with E-state index in [1.165, 1.54) is 0 Å². The summed E-state index contributed by atoms with van der Waals surface area (Å²) >= 11 is 0. The molecular formula is C7H16N2O. The van der Waals surface area contributed by atoms with Gasteiger partial charge in [0.05, 0.1) is 6.04 Å². The van der Waals surface area contributed by atoms with Gasteiger partial charge >= 0.3 is 0 Å². The smallest absolute Gasteiger partial charge is 0.137 e. The molecule has 0 saturated heterocycles. The topological polar surface area (TPSA) is 46.3 Å². The lowest BCUT2D eigenvalue weighted by molar-refractivity contribution is -0.111. The van der Waals surface area contributed by atoms with E-state index in [4.69, 9.17) is 5.73 Å². The van der Waals surface area contributed by atoms with E-state index in [1.54, 1.807) is 0 Å². The second-order valence-electron chi connectivity index (χ2n) is 2.60. The van der Waals surface area contributed by atoms with E-state index in [2.05, 4.69) is 0 Å². The molecule has 0 fully saturated rings. The average molecular weight is 144 g/mol. The van der Waals surface area contributed by atoms with Crippen molar-refractivity contribution in [2.75, 3.05) is 20.6 Å². The van der Waals surface area contributed by atoms with Crippen molar-refractivity contribution in [3.05, 3.63) is 0 Å². The minimum Gasteiger partial charge on any atom is -0.330 e. The van der Waals surface area contributed by atoms with E-state index < -0.39 is 0 Å². The van der Waals surface area contributed by atoms with Crippen LogP contribution in [-0.2, 0) is 4.79 Å². The summed E-state index contributed by atoms with van der Waals surface area (Å²) in [4.78, 5) is 12.3. The van der Waals surface area contributed by atoms with Crippen LogP contribution in [0.1, 0.15) is 12.8 Å². The standard InChI is InChI=1S/C7H16N2O/c1-9(2)7(6-10)4-3-5-8/h6-7H,3-5,8H2,1-2H3/t7-/m0/s1. The number of nitrogens with zero attached hydrogens (tertiary/aromatic N) is 1. The zero-order valence-electron chi connectivity index (χ0n) is 6.71. The first-order chi connectivity index (χ1) is 4.72. The Hall–Kier alpha value is -0.410. The number of carbonyl (C=O) groups is 1. The number of aldehydes is 1. The predicted octanol–water partition coefficient (Wildman–Crippen LogP) is -0.146. The third-order valence-corrected chi connectivity index (χ3v) is 1.52. The zero-order valence-corrected chi connectivity index (χ0v) is 6.71. The van der Waals surface area contributed by atoms with Gasteiger partial charge in [0.1, 0.15) is 6.29 Å². The summed E-state index contributed by atoms with van der Waals surface area (Å²) in [5.41, 5.74) is 5.30. The first-order valence-corrected chi connectivity index (χ1v) is 3.54. The molecule has 0 aromatic carbocycles. The molecule has 0 unspecified atom stereocenters. The molecule has 3 heteroatoms. The summed E-state index contributed by atoms with van der Waals surface area (Å²) in [5, 5.41) is 0. The van der Waals surface area contributed by atoms with E-state index in [1.807, 2.05) is 19.0 Å². The monoisotopic (exact) mass is 144 g/mol. The molecule has 0 saturated carbocycles. The zero-order chi connectivity index (χ0) is 7.98. The van der Waals surface area contributed by atoms with E-state index in [0.29, 0.717) is 6.54 Å². The highest BCUT2D eigenvalue weighted by Crippen LogP contribution is 1.98. The van der Waals surface area contributed by atoms with Gasteiger partial charge in [0.25, 0.3) is 0 Å². The van der Waals surface area contributed by atoms with Crippen LogP contribution in [0.15, 0.2) is 0 Å². The van der Waals surface area contributed by atoms with Crippen LogP contribution in [0.3, 0.4) is 0 Å². The highest BCUT2D eigenvalue weighted by atomic mass is 16.1. The first kappa shape index (κ1) is 9.59. The number of hydrogen-bond acceptors (Lipinski definition) is 3. The molecule has 0 aliphatic carbocycles. The fourth-order valence-electron chi connectivity index (χ4n) is 0.775. The lowest BCUT2D eigenvalue weighted by Crippen LogP contribution is -2.29. The third kappa shape index (κ3) is 3.58. The molecule has 0 aromatic heterocycles. The first-order valence-electron chi connectivity index (χ1n) is 3.54. The maximum atomic E-state index is 10.4. The van der Waals surface area contributed by atoms with Gasteiger partial charge in [0.2, 0.25) is 0 Å². The summed E-state index contributed by atoms with van der Waals surface area (Å²) in [5.74, 6) is 0. The van der Waals surface area contributed by atoms with Crippen LogP contribution in [0.5, 0.6) is 0 Å². The van der Waals surface area contributed by atoms with Crippen LogP contribution in [0, 0.1) is 0 Å².